The molecular weight excluding hydrogens is 445 g/mol. The first-order valence-electron chi connectivity index (χ1n) is 8.96. The Morgan fingerprint density at radius 2 is 1.91 bits per heavy atom. The molecule has 0 bridgehead atoms. The molecule has 1 heterocycles. The zero-order valence-corrected chi connectivity index (χ0v) is 17.5. The quantitative estimate of drug-likeness (QED) is 0.401. The van der Waals surface area contributed by atoms with Crippen molar-refractivity contribution in [2.45, 2.75) is 13.1 Å². The van der Waals surface area contributed by atoms with Crippen LogP contribution in [-0.4, -0.2) is 23.2 Å². The van der Waals surface area contributed by atoms with Gasteiger partial charge in [0.05, 0.1) is 7.11 Å². The number of methoxy groups -OCH3 is 1. The highest BCUT2D eigenvalue weighted by Crippen LogP contribution is 2.35. The molecule has 0 aliphatic heterocycles. The van der Waals surface area contributed by atoms with Gasteiger partial charge in [0.1, 0.15) is 17.4 Å². The van der Waals surface area contributed by atoms with Crippen LogP contribution in [0.15, 0.2) is 48.0 Å². The van der Waals surface area contributed by atoms with Gasteiger partial charge in [-0.25, -0.2) is 0 Å². The number of nitrogens with zero attached hydrogens (tertiary/aromatic N) is 3. The van der Waals surface area contributed by atoms with Gasteiger partial charge in [-0.1, -0.05) is 35.6 Å². The molecule has 0 spiro atoms. The molecular formula is C21H15F3N4O3S. The van der Waals surface area contributed by atoms with Crippen molar-refractivity contribution in [1.29, 1.82) is 5.26 Å². The number of amides is 1. The SMILES string of the molecule is COc1cc(/C=C(/C#N)C(=O)Nc2nnc(C(F)(F)F)s2)ccc1Oc1ccccc1C. The van der Waals surface area contributed by atoms with Crippen molar-refractivity contribution in [3.63, 3.8) is 0 Å². The summed E-state index contributed by atoms with van der Waals surface area (Å²) in [6.07, 6.45) is -3.41. The molecule has 0 saturated heterocycles. The lowest BCUT2D eigenvalue weighted by molar-refractivity contribution is -0.138. The second-order valence-corrected chi connectivity index (χ2v) is 7.29. The maximum Gasteiger partial charge on any atom is 0.445 e. The number of carbonyl (C=O) groups is 1. The van der Waals surface area contributed by atoms with Crippen LogP contribution >= 0.6 is 11.3 Å². The van der Waals surface area contributed by atoms with Crippen LogP contribution in [0.25, 0.3) is 6.08 Å². The van der Waals surface area contributed by atoms with E-state index in [1.54, 1.807) is 30.3 Å². The van der Waals surface area contributed by atoms with Crippen LogP contribution in [0.1, 0.15) is 16.1 Å². The second-order valence-electron chi connectivity index (χ2n) is 6.31. The number of benzene rings is 2. The van der Waals surface area contributed by atoms with Crippen LogP contribution in [0, 0.1) is 18.3 Å². The van der Waals surface area contributed by atoms with Gasteiger partial charge in [0.15, 0.2) is 11.5 Å². The Kier molecular flexibility index (Phi) is 6.75. The zero-order valence-electron chi connectivity index (χ0n) is 16.7. The number of halogens is 3. The van der Waals surface area contributed by atoms with Crippen molar-refractivity contribution in [2.75, 3.05) is 12.4 Å². The van der Waals surface area contributed by atoms with Gasteiger partial charge in [-0.2, -0.15) is 18.4 Å². The third kappa shape index (κ3) is 5.41. The Balaban J connectivity index is 1.80. The van der Waals surface area contributed by atoms with Gasteiger partial charge in [0, 0.05) is 0 Å². The first-order valence-corrected chi connectivity index (χ1v) is 9.78. The van der Waals surface area contributed by atoms with E-state index in [1.807, 2.05) is 25.1 Å². The fourth-order valence-corrected chi connectivity index (χ4v) is 3.12. The lowest BCUT2D eigenvalue weighted by Crippen LogP contribution is -2.13. The first kappa shape index (κ1) is 22.8. The van der Waals surface area contributed by atoms with Crippen molar-refractivity contribution in [3.8, 4) is 23.3 Å². The monoisotopic (exact) mass is 460 g/mol. The number of nitrogens with one attached hydrogen (secondary N) is 1. The van der Waals surface area contributed by atoms with Crippen molar-refractivity contribution >= 4 is 28.5 Å². The van der Waals surface area contributed by atoms with Crippen LogP contribution in [0.5, 0.6) is 17.2 Å². The molecule has 1 aromatic heterocycles. The van der Waals surface area contributed by atoms with E-state index in [9.17, 15) is 23.2 Å². The third-order valence-corrected chi connectivity index (χ3v) is 4.95. The van der Waals surface area contributed by atoms with E-state index in [-0.39, 0.29) is 22.0 Å². The number of para-hydroxylation sites is 1. The first-order chi connectivity index (χ1) is 15.2. The summed E-state index contributed by atoms with van der Waals surface area (Å²) in [4.78, 5) is 12.3. The number of hydrogen-bond acceptors (Lipinski definition) is 7. The van der Waals surface area contributed by atoms with Crippen molar-refractivity contribution in [3.05, 3.63) is 64.2 Å². The minimum absolute atomic E-state index is 0.160. The topological polar surface area (TPSA) is 97.1 Å². The van der Waals surface area contributed by atoms with Gasteiger partial charge >= 0.3 is 6.18 Å². The Bertz CT molecular complexity index is 1220. The summed E-state index contributed by atoms with van der Waals surface area (Å²) in [6.45, 7) is 1.90. The molecule has 0 aliphatic rings. The maximum absolute atomic E-state index is 12.6. The molecule has 7 nitrogen and oxygen atoms in total. The largest absolute Gasteiger partial charge is 0.493 e. The molecule has 3 aromatic rings. The molecule has 0 unspecified atom stereocenters. The lowest BCUT2D eigenvalue weighted by Gasteiger charge is -2.12. The fourth-order valence-electron chi connectivity index (χ4n) is 2.52. The van der Waals surface area contributed by atoms with Crippen LogP contribution in [0.2, 0.25) is 0 Å². The molecule has 0 saturated carbocycles. The van der Waals surface area contributed by atoms with Gasteiger partial charge in [-0.3, -0.25) is 10.1 Å². The molecule has 1 N–H and O–H groups in total. The summed E-state index contributed by atoms with van der Waals surface area (Å²) in [7, 11) is 1.44. The van der Waals surface area contributed by atoms with E-state index in [0.717, 1.165) is 5.56 Å². The second kappa shape index (κ2) is 9.49. The molecule has 11 heteroatoms. The molecule has 164 valence electrons. The molecule has 3 rings (SSSR count). The number of nitriles is 1. The number of anilines is 1. The van der Waals surface area contributed by atoms with Crippen LogP contribution in [0.4, 0.5) is 18.3 Å². The Morgan fingerprint density at radius 3 is 2.53 bits per heavy atom. The third-order valence-electron chi connectivity index (χ3n) is 4.07. The van der Waals surface area contributed by atoms with Crippen LogP contribution in [-0.2, 0) is 11.0 Å². The Labute approximate surface area is 184 Å². The van der Waals surface area contributed by atoms with E-state index >= 15 is 0 Å². The van der Waals surface area contributed by atoms with E-state index < -0.39 is 17.1 Å². The fraction of sp³-hybridized carbons (Fsp3) is 0.143. The van der Waals surface area contributed by atoms with Gasteiger partial charge in [0.2, 0.25) is 10.1 Å². The van der Waals surface area contributed by atoms with E-state index in [2.05, 4.69) is 15.5 Å². The Morgan fingerprint density at radius 1 is 1.16 bits per heavy atom. The summed E-state index contributed by atoms with van der Waals surface area (Å²) in [5.41, 5.74) is 1.02. The molecule has 1 amide bonds. The normalized spacial score (nSPS) is 11.6. The maximum atomic E-state index is 12.6. The van der Waals surface area contributed by atoms with Gasteiger partial charge in [-0.15, -0.1) is 10.2 Å². The van der Waals surface area contributed by atoms with Crippen molar-refractivity contribution in [1.82, 2.24) is 10.2 Å². The van der Waals surface area contributed by atoms with Gasteiger partial charge < -0.3 is 9.47 Å². The van der Waals surface area contributed by atoms with Crippen molar-refractivity contribution < 1.29 is 27.4 Å². The van der Waals surface area contributed by atoms with E-state index in [1.165, 1.54) is 13.2 Å². The number of aryl methyl sites for hydroxylation is 1. The van der Waals surface area contributed by atoms with E-state index in [4.69, 9.17) is 9.47 Å². The van der Waals surface area contributed by atoms with Crippen LogP contribution in [0.3, 0.4) is 0 Å². The molecule has 0 aliphatic carbocycles. The van der Waals surface area contributed by atoms with E-state index in [0.29, 0.717) is 22.8 Å². The average Bonchev–Trinajstić information content (AvgIpc) is 3.23. The molecule has 0 atom stereocenters. The average molecular weight is 460 g/mol. The minimum Gasteiger partial charge on any atom is -0.493 e. The molecule has 2 aromatic carbocycles. The highest BCUT2D eigenvalue weighted by Gasteiger charge is 2.35. The number of hydrogen-bond donors (Lipinski definition) is 1. The summed E-state index contributed by atoms with van der Waals surface area (Å²) >= 11 is 0.160. The summed E-state index contributed by atoms with van der Waals surface area (Å²) < 4.78 is 49.1. The summed E-state index contributed by atoms with van der Waals surface area (Å²) in [6, 6.07) is 13.9. The highest BCUT2D eigenvalue weighted by molar-refractivity contribution is 7.15. The number of aromatic nitrogens is 2. The minimum atomic E-state index is -4.67. The number of ether oxygens (including phenoxy) is 2. The summed E-state index contributed by atoms with van der Waals surface area (Å²) in [5.74, 6) is 0.507. The Hall–Kier alpha value is -3.91. The number of alkyl halides is 3. The van der Waals surface area contributed by atoms with Gasteiger partial charge in [0.25, 0.3) is 5.91 Å². The predicted molar refractivity (Wildman–Crippen MR) is 111 cm³/mol. The zero-order chi connectivity index (χ0) is 23.3. The van der Waals surface area contributed by atoms with Gasteiger partial charge in [-0.05, 0) is 42.3 Å². The number of rotatable bonds is 6. The predicted octanol–water partition coefficient (Wildman–Crippen LogP) is 5.21. The molecule has 32 heavy (non-hydrogen) atoms. The molecule has 0 fully saturated rings. The standard InChI is InChI=1S/C21H15F3N4O3S/c1-12-5-3-4-6-15(12)31-16-8-7-13(10-17(16)30-2)9-14(11-25)18(29)26-20-28-27-19(32-20)21(22,23)24/h3-10H,1-2H3,(H,26,28,29)/b14-9-. The highest BCUT2D eigenvalue weighted by atomic mass is 32.1. The smallest absolute Gasteiger partial charge is 0.445 e. The van der Waals surface area contributed by atoms with Crippen LogP contribution < -0.4 is 14.8 Å². The number of carbonyl (C=O) groups excluding carboxylic acids is 1. The summed E-state index contributed by atoms with van der Waals surface area (Å²) in [5, 5.41) is 16.2. The molecule has 0 radical (unpaired) electrons. The van der Waals surface area contributed by atoms with Crippen molar-refractivity contribution in [2.24, 2.45) is 0 Å². The lowest BCUT2D eigenvalue weighted by atomic mass is 10.1.